The van der Waals surface area contributed by atoms with Crippen LogP contribution in [0.5, 0.6) is 0 Å². The van der Waals surface area contributed by atoms with E-state index in [9.17, 15) is 0 Å². The van der Waals surface area contributed by atoms with Gasteiger partial charge in [0.15, 0.2) is 0 Å². The predicted molar refractivity (Wildman–Crippen MR) is 121 cm³/mol. The molecule has 0 aliphatic heterocycles. The molecule has 0 N–H and O–H groups in total. The van der Waals surface area contributed by atoms with Crippen LogP contribution in [0.2, 0.25) is 0 Å². The van der Waals surface area contributed by atoms with Crippen molar-refractivity contribution in [3.8, 4) is 0 Å². The van der Waals surface area contributed by atoms with Crippen LogP contribution in [0.3, 0.4) is 0 Å². The van der Waals surface area contributed by atoms with Crippen LogP contribution in [0.1, 0.15) is 54.9 Å². The first-order valence-electron chi connectivity index (χ1n) is 10.1. The first kappa shape index (κ1) is 25.8. The van der Waals surface area contributed by atoms with Gasteiger partial charge in [0.25, 0.3) is 0 Å². The van der Waals surface area contributed by atoms with E-state index in [0.29, 0.717) is 3.63 Å². The average molecular weight is 535 g/mol. The Labute approximate surface area is 207 Å². The summed E-state index contributed by atoms with van der Waals surface area (Å²) in [5.74, 6) is 0. The van der Waals surface area contributed by atoms with E-state index in [-0.39, 0.29) is 30.2 Å². The Morgan fingerprint density at radius 1 is 0.833 bits per heavy atom. The van der Waals surface area contributed by atoms with Crippen molar-refractivity contribution in [2.75, 3.05) is 0 Å². The molecule has 0 saturated heterocycles. The molecule has 0 bridgehead atoms. The van der Waals surface area contributed by atoms with Gasteiger partial charge < -0.3 is 24.8 Å². The zero-order chi connectivity index (χ0) is 20.1. The molecule has 0 amide bonds. The van der Waals surface area contributed by atoms with E-state index < -0.39 is 23.2 Å². The van der Waals surface area contributed by atoms with Gasteiger partial charge in [0.2, 0.25) is 0 Å². The van der Waals surface area contributed by atoms with Crippen molar-refractivity contribution < 1.29 is 48.0 Å². The van der Waals surface area contributed by atoms with Gasteiger partial charge in [0, 0.05) is 0 Å². The molecule has 2 unspecified atom stereocenters. The molecule has 4 heteroatoms. The number of hydrogen-bond acceptors (Lipinski definition) is 0. The molecule has 2 aromatic rings. The summed E-state index contributed by atoms with van der Waals surface area (Å²) < 4.78 is 2.47. The van der Waals surface area contributed by atoms with E-state index in [4.69, 9.17) is 0 Å². The summed E-state index contributed by atoms with van der Waals surface area (Å²) in [4.78, 5) is 0. The van der Waals surface area contributed by atoms with Crippen molar-refractivity contribution in [2.45, 2.75) is 45.2 Å². The molecule has 2 atom stereocenters. The van der Waals surface area contributed by atoms with E-state index in [1.54, 1.807) is 30.9 Å². The maximum atomic E-state index is 2.51. The van der Waals surface area contributed by atoms with Gasteiger partial charge in [-0.3, -0.25) is 0 Å². The quantitative estimate of drug-likeness (QED) is 0.517. The fraction of sp³-hybridized carbons (Fsp3) is 0.308. The number of rotatable bonds is 4. The molecule has 0 saturated carbocycles. The van der Waals surface area contributed by atoms with Crippen molar-refractivity contribution >= 4 is 20.0 Å². The molecular weight excluding hydrogens is 505 g/mol. The Morgan fingerprint density at radius 3 is 2.10 bits per heavy atom. The Bertz CT molecular complexity index is 1050. The van der Waals surface area contributed by atoms with Crippen LogP contribution in [-0.2, 0) is 23.2 Å². The zero-order valence-corrected chi connectivity index (χ0v) is 23.5. The van der Waals surface area contributed by atoms with E-state index in [0.717, 1.165) is 8.58 Å². The summed E-state index contributed by atoms with van der Waals surface area (Å²) in [6.45, 7) is 14.2. The van der Waals surface area contributed by atoms with Crippen LogP contribution in [-0.4, -0.2) is 0 Å². The van der Waals surface area contributed by atoms with E-state index >= 15 is 0 Å². The van der Waals surface area contributed by atoms with Gasteiger partial charge >= 0.3 is 184 Å². The van der Waals surface area contributed by atoms with Crippen LogP contribution in [0.25, 0.3) is 6.08 Å². The Balaban J connectivity index is 0.00000160. The topological polar surface area (TPSA) is 0 Å². The van der Waals surface area contributed by atoms with Gasteiger partial charge in [-0.25, -0.2) is 0 Å². The summed E-state index contributed by atoms with van der Waals surface area (Å²) in [5.41, 5.74) is 9.43. The van der Waals surface area contributed by atoms with Crippen molar-refractivity contribution in [3.05, 3.63) is 90.5 Å². The zero-order valence-electron chi connectivity index (χ0n) is 18.5. The standard InChI is InChI=1S/C16H14P.C10H15.2ClH.Zr/c1-12-6-2-5-9-16(12)17-15-10-13-7-3-4-8-14(13)11-15;1-7-6-10(4,5)9(3)8(7)2;;;/h2-11,17H,1H3;1-5H3;2*1H;/q;;;;+2/p-2. The van der Waals surface area contributed by atoms with Crippen molar-refractivity contribution in [1.29, 1.82) is 0 Å². The van der Waals surface area contributed by atoms with Crippen molar-refractivity contribution in [1.82, 2.24) is 0 Å². The minimum absolute atomic E-state index is 0. The smallest absolute Gasteiger partial charge is 1.00 e. The van der Waals surface area contributed by atoms with Gasteiger partial charge in [0.1, 0.15) is 0 Å². The molecule has 4 rings (SSSR count). The van der Waals surface area contributed by atoms with Crippen LogP contribution >= 0.6 is 8.58 Å². The molecule has 2 aliphatic rings. The van der Waals surface area contributed by atoms with E-state index in [1.807, 2.05) is 0 Å². The summed E-state index contributed by atoms with van der Waals surface area (Å²) in [6.07, 6.45) is 2.51. The second-order valence-corrected chi connectivity index (χ2v) is 13.3. The second-order valence-electron chi connectivity index (χ2n) is 8.62. The fourth-order valence-corrected chi connectivity index (χ4v) is 11.4. The molecule has 0 heterocycles. The number of benzene rings is 2. The Hall–Kier alpha value is -0.447. The van der Waals surface area contributed by atoms with Crippen molar-refractivity contribution in [3.63, 3.8) is 0 Å². The number of fused-ring (bicyclic) bond motifs is 1. The van der Waals surface area contributed by atoms with Crippen LogP contribution in [0, 0.1) is 12.3 Å². The van der Waals surface area contributed by atoms with E-state index in [2.05, 4.69) is 96.1 Å². The normalized spacial score (nSPS) is 19.4. The van der Waals surface area contributed by atoms with E-state index in [1.165, 1.54) is 16.4 Å². The molecule has 2 aliphatic carbocycles. The molecule has 0 aromatic heterocycles. The third kappa shape index (κ3) is 4.52. The Morgan fingerprint density at radius 2 is 1.47 bits per heavy atom. The molecule has 156 valence electrons. The minimum Gasteiger partial charge on any atom is -1.00 e. The number of halogens is 2. The van der Waals surface area contributed by atoms with Gasteiger partial charge in [0.05, 0.1) is 0 Å². The molecule has 0 spiro atoms. The number of hydrogen-bond donors (Lipinski definition) is 0. The van der Waals surface area contributed by atoms with Crippen molar-refractivity contribution in [2.24, 2.45) is 5.41 Å². The maximum absolute atomic E-state index is 2.51. The number of aryl methyl sites for hydroxylation is 1. The second kappa shape index (κ2) is 10.0. The van der Waals surface area contributed by atoms with Crippen LogP contribution < -0.4 is 30.1 Å². The number of allylic oxidation sites excluding steroid dienone is 5. The first-order chi connectivity index (χ1) is 13.3. The third-order valence-corrected chi connectivity index (χ3v) is 14.4. The molecular formula is C26H29Cl2PZr. The van der Waals surface area contributed by atoms with Crippen LogP contribution in [0.4, 0.5) is 0 Å². The monoisotopic (exact) mass is 532 g/mol. The molecule has 0 fully saturated rings. The summed E-state index contributed by atoms with van der Waals surface area (Å²) >= 11 is -0.815. The van der Waals surface area contributed by atoms with Crippen LogP contribution in [0.15, 0.2) is 73.8 Å². The first-order valence-corrected chi connectivity index (χ1v) is 13.7. The molecule has 30 heavy (non-hydrogen) atoms. The summed E-state index contributed by atoms with van der Waals surface area (Å²) in [7, 11) is 0.786. The summed E-state index contributed by atoms with van der Waals surface area (Å²) in [5, 5.41) is 3.17. The van der Waals surface area contributed by atoms with Gasteiger partial charge in [-0.15, -0.1) is 0 Å². The third-order valence-electron chi connectivity index (χ3n) is 6.70. The van der Waals surface area contributed by atoms with Gasteiger partial charge in [-0.2, -0.15) is 0 Å². The largest absolute Gasteiger partial charge is 1.00 e. The fourth-order valence-electron chi connectivity index (χ4n) is 4.48. The molecule has 2 aromatic carbocycles. The predicted octanol–water partition coefficient (Wildman–Crippen LogP) is 1.14. The van der Waals surface area contributed by atoms with Gasteiger partial charge in [-0.05, 0) is 0 Å². The minimum atomic E-state index is -0.815. The average Bonchev–Trinajstić information content (AvgIpc) is 3.08. The molecule has 0 radical (unpaired) electrons. The van der Waals surface area contributed by atoms with Gasteiger partial charge in [-0.1, -0.05) is 0 Å². The molecule has 0 nitrogen and oxygen atoms in total. The Kier molecular flexibility index (Phi) is 8.61. The maximum Gasteiger partial charge on any atom is -1.00 e. The SMILES string of the molecule is CC1=C(C)C(C)(C)[C]([Zr+2][CH]2C(Pc3ccccc3C)=Cc3ccccc32)=C1C.[Cl-].[Cl-]. The summed E-state index contributed by atoms with van der Waals surface area (Å²) in [6, 6.07) is 18.0.